The molecule has 0 bridgehead atoms. The van der Waals surface area contributed by atoms with Crippen molar-refractivity contribution in [2.24, 2.45) is 0 Å². The van der Waals surface area contributed by atoms with E-state index in [-0.39, 0.29) is 39.2 Å². The van der Waals surface area contributed by atoms with E-state index < -0.39 is 54.2 Å². The van der Waals surface area contributed by atoms with Gasteiger partial charge >= 0.3 is 0 Å². The third-order valence-corrected chi connectivity index (χ3v) is 5.47. The minimum Gasteiger partial charge on any atom is -0.507 e. The molecule has 6 N–H and O–H groups in total. The molecule has 0 unspecified atom stereocenters. The minimum atomic E-state index is -1.73. The Balaban J connectivity index is 1.84. The van der Waals surface area contributed by atoms with Crippen LogP contribution < -0.4 is 19.6 Å². The number of aromatic hydroxyl groups is 2. The van der Waals surface area contributed by atoms with Gasteiger partial charge < -0.3 is 54.0 Å². The van der Waals surface area contributed by atoms with Gasteiger partial charge in [-0.3, -0.25) is 4.79 Å². The van der Waals surface area contributed by atoms with Crippen molar-refractivity contribution in [2.45, 2.75) is 30.7 Å². The fourth-order valence-electron chi connectivity index (χ4n) is 3.74. The Labute approximate surface area is 185 Å². The average molecular weight is 466 g/mol. The molecule has 1 aliphatic rings. The van der Waals surface area contributed by atoms with Crippen molar-refractivity contribution in [3.8, 4) is 28.7 Å². The van der Waals surface area contributed by atoms with Crippen molar-refractivity contribution in [3.05, 3.63) is 28.4 Å². The van der Waals surface area contributed by atoms with E-state index in [1.165, 1.54) is 26.4 Å². The van der Waals surface area contributed by atoms with Crippen LogP contribution in [-0.2, 0) is 4.74 Å². The largest absolute Gasteiger partial charge is 0.507 e. The van der Waals surface area contributed by atoms with Gasteiger partial charge in [-0.2, -0.15) is 0 Å². The number of rotatable bonds is 5. The third kappa shape index (κ3) is 3.57. The van der Waals surface area contributed by atoms with Crippen LogP contribution >= 0.6 is 0 Å². The summed E-state index contributed by atoms with van der Waals surface area (Å²) in [4.78, 5) is 13.2. The zero-order chi connectivity index (χ0) is 24.0. The van der Waals surface area contributed by atoms with Crippen LogP contribution in [0.1, 0.15) is 0 Å². The second kappa shape index (κ2) is 8.57. The highest BCUT2D eigenvalue weighted by atomic mass is 16.7. The summed E-state index contributed by atoms with van der Waals surface area (Å²) in [6.45, 7) is -0.672. The van der Waals surface area contributed by atoms with Gasteiger partial charge in [0.05, 0.1) is 20.8 Å². The number of hydrogen-bond donors (Lipinski definition) is 6. The lowest BCUT2D eigenvalue weighted by Crippen LogP contribution is -2.60. The lowest BCUT2D eigenvalue weighted by molar-refractivity contribution is -0.277. The van der Waals surface area contributed by atoms with Crippen molar-refractivity contribution in [2.75, 3.05) is 20.8 Å². The Kier molecular flexibility index (Phi) is 5.95. The van der Waals surface area contributed by atoms with Crippen LogP contribution in [0.2, 0.25) is 0 Å². The Morgan fingerprint density at radius 2 is 1.70 bits per heavy atom. The summed E-state index contributed by atoms with van der Waals surface area (Å²) in [7, 11) is 2.67. The number of phenols is 2. The highest BCUT2D eigenvalue weighted by Crippen LogP contribution is 2.43. The first-order chi connectivity index (χ1) is 15.7. The third-order valence-electron chi connectivity index (χ3n) is 5.47. The molecule has 1 aromatic heterocycles. The maximum atomic E-state index is 13.2. The molecule has 0 amide bonds. The number of aliphatic hydroxyl groups is 4. The molecule has 5 atom stereocenters. The topological polar surface area (TPSA) is 189 Å². The van der Waals surface area contributed by atoms with Crippen molar-refractivity contribution >= 4 is 21.9 Å². The van der Waals surface area contributed by atoms with Crippen LogP contribution in [-0.4, -0.2) is 82.2 Å². The normalized spacial score (nSPS) is 25.3. The van der Waals surface area contributed by atoms with Gasteiger partial charge in [0, 0.05) is 6.07 Å². The Morgan fingerprint density at radius 3 is 2.33 bits per heavy atom. The molecular formula is C21H22O12. The van der Waals surface area contributed by atoms with Gasteiger partial charge in [-0.15, -0.1) is 0 Å². The first-order valence-electron chi connectivity index (χ1n) is 9.77. The smallest absolute Gasteiger partial charge is 0.229 e. The van der Waals surface area contributed by atoms with Gasteiger partial charge in [-0.1, -0.05) is 0 Å². The zero-order valence-electron chi connectivity index (χ0n) is 17.5. The molecule has 1 aliphatic heterocycles. The molecule has 1 saturated heterocycles. The fraction of sp³-hybridized carbons (Fsp3) is 0.381. The number of ether oxygens (including phenoxy) is 4. The SMILES string of the molecule is COc1cc(O)c2c(=O)c3c(O)c(O[C@@H]4O[C@H](CO)[C@@H](O)[C@H](O)[C@H]4O)ccc3oc2c1OC. The predicted molar refractivity (Wildman–Crippen MR) is 111 cm³/mol. The zero-order valence-corrected chi connectivity index (χ0v) is 17.5. The fourth-order valence-corrected chi connectivity index (χ4v) is 3.74. The average Bonchev–Trinajstić information content (AvgIpc) is 2.80. The Hall–Kier alpha value is -3.29. The number of phenolic OH excluding ortho intramolecular Hbond substituents is 2. The number of benzene rings is 2. The molecular weight excluding hydrogens is 444 g/mol. The summed E-state index contributed by atoms with van der Waals surface area (Å²) < 4.78 is 26.8. The van der Waals surface area contributed by atoms with Crippen molar-refractivity contribution in [3.63, 3.8) is 0 Å². The number of methoxy groups -OCH3 is 2. The van der Waals surface area contributed by atoms with Crippen LogP contribution in [0, 0.1) is 0 Å². The van der Waals surface area contributed by atoms with Crippen molar-refractivity contribution < 1.29 is 54.0 Å². The van der Waals surface area contributed by atoms with Crippen molar-refractivity contribution in [1.29, 1.82) is 0 Å². The summed E-state index contributed by atoms with van der Waals surface area (Å²) >= 11 is 0. The first kappa shape index (κ1) is 22.9. The van der Waals surface area contributed by atoms with Gasteiger partial charge in [-0.05, 0) is 12.1 Å². The maximum Gasteiger partial charge on any atom is 0.229 e. The monoisotopic (exact) mass is 466 g/mol. The molecule has 2 aromatic carbocycles. The molecule has 0 saturated carbocycles. The minimum absolute atomic E-state index is 0.0606. The summed E-state index contributed by atoms with van der Waals surface area (Å²) in [5.41, 5.74) is -0.979. The van der Waals surface area contributed by atoms with E-state index in [9.17, 15) is 35.4 Å². The van der Waals surface area contributed by atoms with Crippen LogP contribution in [0.25, 0.3) is 21.9 Å². The standard InChI is InChI=1S/C21H22O12/c1-29-10-5-7(23)12-16(26)13-8(31-20(12)19(10)30-2)3-4-9(14(13)24)32-21-18(28)17(27)15(25)11(6-22)33-21/h3-5,11,15,17-18,21-25,27-28H,6H2,1-2H3/t11-,15-,17+,18-,21-/m1/s1. The first-order valence-corrected chi connectivity index (χ1v) is 9.77. The van der Waals surface area contributed by atoms with E-state index in [1.807, 2.05) is 0 Å². The number of hydrogen-bond acceptors (Lipinski definition) is 12. The molecule has 3 aromatic rings. The second-order valence-electron chi connectivity index (χ2n) is 7.37. The van der Waals surface area contributed by atoms with E-state index in [0.29, 0.717) is 0 Å². The summed E-state index contributed by atoms with van der Waals surface area (Å²) in [5, 5.41) is 59.8. The Morgan fingerprint density at radius 1 is 0.970 bits per heavy atom. The maximum absolute atomic E-state index is 13.2. The van der Waals surface area contributed by atoms with Gasteiger partial charge in [0.1, 0.15) is 46.5 Å². The van der Waals surface area contributed by atoms with Gasteiger partial charge in [-0.25, -0.2) is 0 Å². The molecule has 12 nitrogen and oxygen atoms in total. The molecule has 4 rings (SSSR count). The molecule has 2 heterocycles. The molecule has 0 spiro atoms. The van der Waals surface area contributed by atoms with Gasteiger partial charge in [0.2, 0.25) is 17.5 Å². The number of fused-ring (bicyclic) bond motifs is 2. The summed E-state index contributed by atoms with van der Waals surface area (Å²) in [5.74, 6) is -1.30. The quantitative estimate of drug-likeness (QED) is 0.266. The van der Waals surface area contributed by atoms with E-state index in [4.69, 9.17) is 23.4 Å². The van der Waals surface area contributed by atoms with Gasteiger partial charge in [0.25, 0.3) is 0 Å². The predicted octanol–water partition coefficient (Wildman–Crippen LogP) is -0.447. The summed E-state index contributed by atoms with van der Waals surface area (Å²) in [6.07, 6.45) is -7.84. The summed E-state index contributed by atoms with van der Waals surface area (Å²) in [6, 6.07) is 3.68. The molecule has 0 radical (unpaired) electrons. The molecule has 178 valence electrons. The highest BCUT2D eigenvalue weighted by Gasteiger charge is 2.45. The highest BCUT2D eigenvalue weighted by molar-refractivity contribution is 6.00. The second-order valence-corrected chi connectivity index (χ2v) is 7.37. The lowest BCUT2D eigenvalue weighted by atomic mass is 9.99. The Bertz CT molecular complexity index is 1250. The number of aliphatic hydroxyl groups excluding tert-OH is 4. The van der Waals surface area contributed by atoms with E-state index in [0.717, 1.165) is 6.07 Å². The van der Waals surface area contributed by atoms with Crippen molar-refractivity contribution in [1.82, 2.24) is 0 Å². The molecule has 1 fully saturated rings. The van der Waals surface area contributed by atoms with E-state index in [2.05, 4.69) is 0 Å². The van der Waals surface area contributed by atoms with Crippen LogP contribution in [0.3, 0.4) is 0 Å². The van der Waals surface area contributed by atoms with Crippen LogP contribution in [0.4, 0.5) is 0 Å². The van der Waals surface area contributed by atoms with E-state index in [1.54, 1.807) is 0 Å². The molecule has 12 heteroatoms. The van der Waals surface area contributed by atoms with Crippen LogP contribution in [0.15, 0.2) is 27.4 Å². The molecule has 0 aliphatic carbocycles. The lowest BCUT2D eigenvalue weighted by Gasteiger charge is -2.39. The van der Waals surface area contributed by atoms with Gasteiger partial charge in [0.15, 0.2) is 22.8 Å². The van der Waals surface area contributed by atoms with E-state index >= 15 is 0 Å². The molecule has 33 heavy (non-hydrogen) atoms. The van der Waals surface area contributed by atoms with Crippen LogP contribution in [0.5, 0.6) is 28.7 Å².